The molecule has 0 aliphatic carbocycles. The third-order valence-corrected chi connectivity index (χ3v) is 4.60. The quantitative estimate of drug-likeness (QED) is 0.546. The highest BCUT2D eigenvalue weighted by atomic mass is 35.5. The Bertz CT molecular complexity index is 882. The van der Waals surface area contributed by atoms with E-state index in [1.54, 1.807) is 7.11 Å². The van der Waals surface area contributed by atoms with Gasteiger partial charge in [-0.2, -0.15) is 4.98 Å². The minimum Gasteiger partial charge on any atom is -0.497 e. The summed E-state index contributed by atoms with van der Waals surface area (Å²) in [5, 5.41) is 7.43. The van der Waals surface area contributed by atoms with E-state index in [4.69, 9.17) is 16.3 Å². The molecule has 2 aromatic carbocycles. The van der Waals surface area contributed by atoms with Gasteiger partial charge in [-0.3, -0.25) is 0 Å². The normalized spacial score (nSPS) is 10.5. The van der Waals surface area contributed by atoms with E-state index in [1.165, 1.54) is 11.1 Å². The van der Waals surface area contributed by atoms with Gasteiger partial charge in [0.25, 0.3) is 0 Å². The molecule has 3 aromatic rings. The number of hydrogen-bond donors (Lipinski definition) is 2. The van der Waals surface area contributed by atoms with E-state index in [1.807, 2.05) is 49.4 Å². The molecule has 5 nitrogen and oxygen atoms in total. The van der Waals surface area contributed by atoms with Gasteiger partial charge in [-0.1, -0.05) is 35.9 Å². The molecule has 3 rings (SSSR count). The van der Waals surface area contributed by atoms with Crippen LogP contribution in [-0.2, 0) is 12.8 Å². The van der Waals surface area contributed by atoms with Gasteiger partial charge in [0.15, 0.2) is 0 Å². The van der Waals surface area contributed by atoms with Gasteiger partial charge in [0, 0.05) is 29.9 Å². The van der Waals surface area contributed by atoms with Gasteiger partial charge in [-0.25, -0.2) is 4.98 Å². The van der Waals surface area contributed by atoms with Gasteiger partial charge in [0.05, 0.1) is 7.11 Å². The number of hydrogen-bond acceptors (Lipinski definition) is 5. The van der Waals surface area contributed by atoms with Crippen LogP contribution in [-0.4, -0.2) is 30.2 Å². The van der Waals surface area contributed by atoms with Gasteiger partial charge in [0.2, 0.25) is 5.95 Å². The van der Waals surface area contributed by atoms with Crippen LogP contribution in [0.15, 0.2) is 54.6 Å². The first kappa shape index (κ1) is 20.0. The number of nitrogens with one attached hydrogen (secondary N) is 2. The van der Waals surface area contributed by atoms with Crippen LogP contribution in [0.2, 0.25) is 5.02 Å². The molecule has 0 fully saturated rings. The highest BCUT2D eigenvalue weighted by Crippen LogP contribution is 2.14. The Morgan fingerprint density at radius 2 is 1.46 bits per heavy atom. The van der Waals surface area contributed by atoms with Crippen molar-refractivity contribution < 1.29 is 4.74 Å². The summed E-state index contributed by atoms with van der Waals surface area (Å²) in [6.45, 7) is 3.53. The molecule has 6 heteroatoms. The van der Waals surface area contributed by atoms with Crippen LogP contribution in [0.4, 0.5) is 11.8 Å². The van der Waals surface area contributed by atoms with Gasteiger partial charge in [-0.15, -0.1) is 0 Å². The number of halogens is 1. The van der Waals surface area contributed by atoms with E-state index in [9.17, 15) is 0 Å². The minimum atomic E-state index is 0.640. The molecule has 0 atom stereocenters. The van der Waals surface area contributed by atoms with Crippen molar-refractivity contribution in [1.82, 2.24) is 9.97 Å². The van der Waals surface area contributed by atoms with Gasteiger partial charge in [0.1, 0.15) is 11.6 Å². The smallest absolute Gasteiger partial charge is 0.224 e. The molecule has 146 valence electrons. The first-order valence-electron chi connectivity index (χ1n) is 9.33. The lowest BCUT2D eigenvalue weighted by atomic mass is 10.1. The predicted molar refractivity (Wildman–Crippen MR) is 116 cm³/mol. The lowest BCUT2D eigenvalue weighted by Gasteiger charge is -2.10. The van der Waals surface area contributed by atoms with Crippen LogP contribution in [0.1, 0.15) is 16.8 Å². The van der Waals surface area contributed by atoms with E-state index in [0.29, 0.717) is 5.95 Å². The molecule has 0 radical (unpaired) electrons. The molecule has 0 saturated heterocycles. The first-order chi connectivity index (χ1) is 13.6. The van der Waals surface area contributed by atoms with Crippen LogP contribution in [0.25, 0.3) is 0 Å². The van der Waals surface area contributed by atoms with Crippen LogP contribution >= 0.6 is 11.6 Å². The maximum absolute atomic E-state index is 5.92. The van der Waals surface area contributed by atoms with Crippen LogP contribution in [0.5, 0.6) is 5.75 Å². The second-order valence-corrected chi connectivity index (χ2v) is 6.98. The summed E-state index contributed by atoms with van der Waals surface area (Å²) < 4.78 is 5.19. The average Bonchev–Trinajstić information content (AvgIpc) is 2.70. The molecule has 0 spiro atoms. The SMILES string of the molecule is COc1ccc(CCNc2cc(C)nc(NCCc3ccc(Cl)cc3)n2)cc1. The Morgan fingerprint density at radius 3 is 2.11 bits per heavy atom. The summed E-state index contributed by atoms with van der Waals surface area (Å²) in [5.41, 5.74) is 3.40. The summed E-state index contributed by atoms with van der Waals surface area (Å²) in [7, 11) is 1.68. The molecular weight excluding hydrogens is 372 g/mol. The number of benzene rings is 2. The van der Waals surface area contributed by atoms with Crippen molar-refractivity contribution in [2.75, 3.05) is 30.8 Å². The number of anilines is 2. The van der Waals surface area contributed by atoms with Crippen LogP contribution in [0.3, 0.4) is 0 Å². The van der Waals surface area contributed by atoms with Crippen molar-refractivity contribution in [3.05, 3.63) is 76.4 Å². The Morgan fingerprint density at radius 1 is 0.857 bits per heavy atom. The Hall–Kier alpha value is -2.79. The van der Waals surface area contributed by atoms with Gasteiger partial charge in [-0.05, 0) is 55.2 Å². The highest BCUT2D eigenvalue weighted by molar-refractivity contribution is 6.30. The number of rotatable bonds is 9. The predicted octanol–water partition coefficient (Wildman–Crippen LogP) is 4.76. The maximum Gasteiger partial charge on any atom is 0.224 e. The van der Waals surface area contributed by atoms with Crippen LogP contribution in [0, 0.1) is 6.92 Å². The minimum absolute atomic E-state index is 0.640. The first-order valence-corrected chi connectivity index (χ1v) is 9.71. The van der Waals surface area contributed by atoms with Crippen molar-refractivity contribution in [3.63, 3.8) is 0 Å². The lowest BCUT2D eigenvalue weighted by Crippen LogP contribution is -2.12. The molecule has 1 aromatic heterocycles. The lowest BCUT2D eigenvalue weighted by molar-refractivity contribution is 0.414. The molecule has 0 amide bonds. The van der Waals surface area contributed by atoms with Crippen molar-refractivity contribution in [3.8, 4) is 5.75 Å². The van der Waals surface area contributed by atoms with Crippen molar-refractivity contribution >= 4 is 23.4 Å². The van der Waals surface area contributed by atoms with Crippen molar-refractivity contribution in [2.45, 2.75) is 19.8 Å². The van der Waals surface area contributed by atoms with E-state index < -0.39 is 0 Å². The number of nitrogens with zero attached hydrogens (tertiary/aromatic N) is 2. The van der Waals surface area contributed by atoms with Gasteiger partial charge < -0.3 is 15.4 Å². The van der Waals surface area contributed by atoms with E-state index in [2.05, 4.69) is 32.7 Å². The largest absolute Gasteiger partial charge is 0.497 e. The summed E-state index contributed by atoms with van der Waals surface area (Å²) in [5.74, 6) is 2.34. The summed E-state index contributed by atoms with van der Waals surface area (Å²) >= 11 is 5.92. The molecule has 0 saturated carbocycles. The number of aryl methyl sites for hydroxylation is 1. The zero-order valence-corrected chi connectivity index (χ0v) is 17.0. The van der Waals surface area contributed by atoms with Crippen LogP contribution < -0.4 is 15.4 Å². The Labute approximate surface area is 171 Å². The molecular formula is C22H25ClN4O. The number of methoxy groups -OCH3 is 1. The molecule has 0 aliphatic heterocycles. The van der Waals surface area contributed by atoms with Crippen molar-refractivity contribution in [2.24, 2.45) is 0 Å². The average molecular weight is 397 g/mol. The summed E-state index contributed by atoms with van der Waals surface area (Å²) in [6, 6.07) is 18.0. The molecule has 28 heavy (non-hydrogen) atoms. The van der Waals surface area contributed by atoms with E-state index in [-0.39, 0.29) is 0 Å². The third-order valence-electron chi connectivity index (χ3n) is 4.34. The van der Waals surface area contributed by atoms with Gasteiger partial charge >= 0.3 is 0 Å². The Kier molecular flexibility index (Phi) is 7.09. The fraction of sp³-hybridized carbons (Fsp3) is 0.273. The zero-order valence-electron chi connectivity index (χ0n) is 16.2. The molecule has 2 N–H and O–H groups in total. The van der Waals surface area contributed by atoms with E-state index >= 15 is 0 Å². The number of ether oxygens (including phenoxy) is 1. The molecule has 1 heterocycles. The van der Waals surface area contributed by atoms with E-state index in [0.717, 1.165) is 48.2 Å². The number of aromatic nitrogens is 2. The maximum atomic E-state index is 5.92. The summed E-state index contributed by atoms with van der Waals surface area (Å²) in [4.78, 5) is 9.03. The monoisotopic (exact) mass is 396 g/mol. The highest BCUT2D eigenvalue weighted by Gasteiger charge is 2.03. The molecule has 0 bridgehead atoms. The zero-order chi connectivity index (χ0) is 19.8. The third kappa shape index (κ3) is 6.13. The fourth-order valence-corrected chi connectivity index (χ4v) is 2.96. The topological polar surface area (TPSA) is 59.1 Å². The standard InChI is InChI=1S/C22H25ClN4O/c1-16-15-21(24-13-11-18-5-9-20(28-2)10-6-18)27-22(26-16)25-14-12-17-3-7-19(23)8-4-17/h3-10,15H,11-14H2,1-2H3,(H2,24,25,26,27). The second-order valence-electron chi connectivity index (χ2n) is 6.55. The fourth-order valence-electron chi connectivity index (χ4n) is 2.83. The summed E-state index contributed by atoms with van der Waals surface area (Å²) in [6.07, 6.45) is 1.79. The molecule has 0 unspecified atom stereocenters. The molecule has 0 aliphatic rings. The second kappa shape index (κ2) is 9.95. The van der Waals surface area contributed by atoms with Crippen molar-refractivity contribution in [1.29, 1.82) is 0 Å². The Balaban J connectivity index is 1.49.